The second-order valence-electron chi connectivity index (χ2n) is 6.10. The number of nitrogens with two attached hydrogens (primary N) is 1. The van der Waals surface area contributed by atoms with Crippen molar-refractivity contribution in [1.29, 1.82) is 0 Å². The van der Waals surface area contributed by atoms with Gasteiger partial charge in [0, 0.05) is 25.5 Å². The molecule has 1 amide bonds. The fourth-order valence-electron chi connectivity index (χ4n) is 2.47. The summed E-state index contributed by atoms with van der Waals surface area (Å²) in [5, 5.41) is 6.47. The molecule has 0 fully saturated rings. The monoisotopic (exact) mass is 389 g/mol. The van der Waals surface area contributed by atoms with Gasteiger partial charge in [-0.15, -0.1) is 11.3 Å². The van der Waals surface area contributed by atoms with Crippen molar-refractivity contribution in [2.24, 2.45) is 10.7 Å². The fourth-order valence-corrected chi connectivity index (χ4v) is 3.07. The number of primary amides is 1. The number of hydrogen-bond donors (Lipinski definition) is 2. The molecule has 0 aliphatic heterocycles. The number of aliphatic imine (C=N–C) groups is 1. The second kappa shape index (κ2) is 10.5. The Kier molecular flexibility index (Phi) is 8.06. The maximum atomic E-state index is 10.7. The van der Waals surface area contributed by atoms with E-state index in [1.165, 1.54) is 0 Å². The quantitative estimate of drug-likeness (QED) is 0.505. The van der Waals surface area contributed by atoms with Crippen LogP contribution in [0.2, 0.25) is 0 Å². The SMILES string of the molecule is CCNC(=NCCc1ccc(OCC(N)=O)cc1)N(C)Cc1csc(C)n1. The Labute approximate surface area is 164 Å². The summed E-state index contributed by atoms with van der Waals surface area (Å²) in [5.74, 6) is 1.01. The van der Waals surface area contributed by atoms with Gasteiger partial charge in [-0.05, 0) is 38.0 Å². The Hall–Kier alpha value is -2.61. The van der Waals surface area contributed by atoms with Crippen molar-refractivity contribution < 1.29 is 9.53 Å². The number of ether oxygens (including phenoxy) is 1. The summed E-state index contributed by atoms with van der Waals surface area (Å²) in [4.78, 5) is 22.0. The third-order valence-electron chi connectivity index (χ3n) is 3.73. The zero-order valence-corrected chi connectivity index (χ0v) is 16.9. The summed E-state index contributed by atoms with van der Waals surface area (Å²) in [6.45, 7) is 6.16. The minimum Gasteiger partial charge on any atom is -0.484 e. The molecule has 1 heterocycles. The zero-order chi connectivity index (χ0) is 19.6. The molecule has 0 aliphatic carbocycles. The largest absolute Gasteiger partial charge is 0.484 e. The number of benzene rings is 1. The predicted molar refractivity (Wildman–Crippen MR) is 109 cm³/mol. The van der Waals surface area contributed by atoms with Gasteiger partial charge in [0.05, 0.1) is 17.2 Å². The average molecular weight is 390 g/mol. The first-order valence-electron chi connectivity index (χ1n) is 8.88. The average Bonchev–Trinajstić information content (AvgIpc) is 3.05. The van der Waals surface area contributed by atoms with Crippen LogP contribution in [0.1, 0.15) is 23.2 Å². The van der Waals surface area contributed by atoms with Crippen LogP contribution >= 0.6 is 11.3 Å². The lowest BCUT2D eigenvalue weighted by molar-refractivity contribution is -0.119. The Morgan fingerprint density at radius 2 is 2.11 bits per heavy atom. The number of aromatic nitrogens is 1. The molecule has 0 atom stereocenters. The first kappa shape index (κ1) is 20.7. The Morgan fingerprint density at radius 3 is 2.70 bits per heavy atom. The van der Waals surface area contributed by atoms with E-state index in [2.05, 4.69) is 27.5 Å². The van der Waals surface area contributed by atoms with Crippen LogP contribution in [0.25, 0.3) is 0 Å². The van der Waals surface area contributed by atoms with Gasteiger partial charge in [0.25, 0.3) is 5.91 Å². The number of nitrogens with one attached hydrogen (secondary N) is 1. The van der Waals surface area contributed by atoms with Crippen molar-refractivity contribution in [1.82, 2.24) is 15.2 Å². The molecular formula is C19H27N5O2S. The van der Waals surface area contributed by atoms with Gasteiger partial charge in [-0.25, -0.2) is 4.98 Å². The lowest BCUT2D eigenvalue weighted by Crippen LogP contribution is -2.38. The molecule has 0 unspecified atom stereocenters. The molecule has 8 heteroatoms. The van der Waals surface area contributed by atoms with Crippen molar-refractivity contribution in [3.8, 4) is 5.75 Å². The van der Waals surface area contributed by atoms with Crippen molar-refractivity contribution in [3.63, 3.8) is 0 Å². The minimum atomic E-state index is -0.485. The lowest BCUT2D eigenvalue weighted by atomic mass is 10.1. The Balaban J connectivity index is 1.89. The number of aryl methyl sites for hydroxylation is 1. The number of amides is 1. The second-order valence-corrected chi connectivity index (χ2v) is 7.16. The van der Waals surface area contributed by atoms with Gasteiger partial charge < -0.3 is 20.7 Å². The van der Waals surface area contributed by atoms with Crippen LogP contribution in [-0.2, 0) is 17.8 Å². The summed E-state index contributed by atoms with van der Waals surface area (Å²) < 4.78 is 5.26. The smallest absolute Gasteiger partial charge is 0.255 e. The molecule has 0 radical (unpaired) electrons. The van der Waals surface area contributed by atoms with E-state index in [1.807, 2.05) is 38.2 Å². The predicted octanol–water partition coefficient (Wildman–Crippen LogP) is 1.96. The molecule has 0 bridgehead atoms. The molecule has 1 aromatic carbocycles. The molecule has 7 nitrogen and oxygen atoms in total. The molecule has 1 aromatic heterocycles. The van der Waals surface area contributed by atoms with Gasteiger partial charge >= 0.3 is 0 Å². The number of rotatable bonds is 9. The van der Waals surface area contributed by atoms with Crippen molar-refractivity contribution in [2.75, 3.05) is 26.7 Å². The molecule has 0 saturated heterocycles. The third kappa shape index (κ3) is 7.26. The number of hydrogen-bond acceptors (Lipinski definition) is 5. The summed E-state index contributed by atoms with van der Waals surface area (Å²) in [6, 6.07) is 7.62. The first-order valence-corrected chi connectivity index (χ1v) is 9.76. The fraction of sp³-hybridized carbons (Fsp3) is 0.421. The van der Waals surface area contributed by atoms with Gasteiger partial charge in [0.2, 0.25) is 0 Å². The molecular weight excluding hydrogens is 362 g/mol. The highest BCUT2D eigenvalue weighted by Crippen LogP contribution is 2.13. The maximum absolute atomic E-state index is 10.7. The maximum Gasteiger partial charge on any atom is 0.255 e. The number of guanidine groups is 1. The van der Waals surface area contributed by atoms with Gasteiger partial charge in [-0.3, -0.25) is 9.79 Å². The molecule has 3 N–H and O–H groups in total. The zero-order valence-electron chi connectivity index (χ0n) is 16.1. The Bertz CT molecular complexity index is 758. The van der Waals surface area contributed by atoms with E-state index in [9.17, 15) is 4.79 Å². The van der Waals surface area contributed by atoms with Crippen LogP contribution in [0.3, 0.4) is 0 Å². The van der Waals surface area contributed by atoms with E-state index in [4.69, 9.17) is 15.5 Å². The van der Waals surface area contributed by atoms with E-state index in [0.717, 1.165) is 41.7 Å². The summed E-state index contributed by atoms with van der Waals surface area (Å²) >= 11 is 1.66. The van der Waals surface area contributed by atoms with Crippen LogP contribution in [0.15, 0.2) is 34.6 Å². The molecule has 0 spiro atoms. The molecule has 27 heavy (non-hydrogen) atoms. The van der Waals surface area contributed by atoms with Crippen LogP contribution in [0, 0.1) is 6.92 Å². The van der Waals surface area contributed by atoms with E-state index >= 15 is 0 Å². The standard InChI is InChI=1S/C19H27N5O2S/c1-4-21-19(24(3)11-16-13-27-14(2)23-16)22-10-9-15-5-7-17(8-6-15)26-12-18(20)25/h5-8,13H,4,9-12H2,1-3H3,(H2,20,25)(H,21,22). The van der Waals surface area contributed by atoms with Gasteiger partial charge in [-0.2, -0.15) is 0 Å². The minimum absolute atomic E-state index is 0.111. The van der Waals surface area contributed by atoms with E-state index in [-0.39, 0.29) is 6.61 Å². The van der Waals surface area contributed by atoms with Crippen LogP contribution in [-0.4, -0.2) is 48.5 Å². The molecule has 146 valence electrons. The normalized spacial score (nSPS) is 11.3. The van der Waals surface area contributed by atoms with Gasteiger partial charge in [0.15, 0.2) is 12.6 Å². The number of thiazole rings is 1. The highest BCUT2D eigenvalue weighted by molar-refractivity contribution is 7.09. The van der Waals surface area contributed by atoms with Crippen molar-refractivity contribution in [3.05, 3.63) is 45.9 Å². The third-order valence-corrected chi connectivity index (χ3v) is 4.55. The molecule has 0 saturated carbocycles. The van der Waals surface area contributed by atoms with Gasteiger partial charge in [0.1, 0.15) is 5.75 Å². The number of carbonyl (C=O) groups excluding carboxylic acids is 1. The van der Waals surface area contributed by atoms with Crippen molar-refractivity contribution in [2.45, 2.75) is 26.8 Å². The summed E-state index contributed by atoms with van der Waals surface area (Å²) in [6.07, 6.45) is 0.814. The van der Waals surface area contributed by atoms with Gasteiger partial charge in [-0.1, -0.05) is 12.1 Å². The topological polar surface area (TPSA) is 92.8 Å². The molecule has 2 rings (SSSR count). The van der Waals surface area contributed by atoms with E-state index in [1.54, 1.807) is 11.3 Å². The first-order chi connectivity index (χ1) is 13.0. The summed E-state index contributed by atoms with van der Waals surface area (Å²) in [5.41, 5.74) is 7.28. The number of carbonyl (C=O) groups is 1. The van der Waals surface area contributed by atoms with Crippen LogP contribution in [0.4, 0.5) is 0 Å². The lowest BCUT2D eigenvalue weighted by Gasteiger charge is -2.21. The molecule has 0 aliphatic rings. The highest BCUT2D eigenvalue weighted by Gasteiger charge is 2.08. The van der Waals surface area contributed by atoms with Crippen LogP contribution in [0.5, 0.6) is 5.75 Å². The van der Waals surface area contributed by atoms with Crippen LogP contribution < -0.4 is 15.8 Å². The number of nitrogens with zero attached hydrogens (tertiary/aromatic N) is 3. The highest BCUT2D eigenvalue weighted by atomic mass is 32.1. The summed E-state index contributed by atoms with van der Waals surface area (Å²) in [7, 11) is 2.01. The van der Waals surface area contributed by atoms with Crippen molar-refractivity contribution >= 4 is 23.2 Å². The Morgan fingerprint density at radius 1 is 1.37 bits per heavy atom. The molecule has 2 aromatic rings. The van der Waals surface area contributed by atoms with E-state index in [0.29, 0.717) is 12.3 Å². The van der Waals surface area contributed by atoms with E-state index < -0.39 is 5.91 Å².